The van der Waals surface area contributed by atoms with Gasteiger partial charge in [-0.05, 0) is 18.9 Å². The number of likely N-dealkylation sites (tertiary alicyclic amines) is 1. The molecular formula is C15H17N5O4S. The van der Waals surface area contributed by atoms with Gasteiger partial charge in [-0.25, -0.2) is 9.79 Å². The molecule has 10 heteroatoms. The second kappa shape index (κ2) is 5.88. The van der Waals surface area contributed by atoms with Crippen LogP contribution in [0.5, 0.6) is 0 Å². The van der Waals surface area contributed by atoms with E-state index in [0.717, 1.165) is 5.57 Å². The molecule has 1 amide bonds. The highest BCUT2D eigenvalue weighted by atomic mass is 32.1. The third-order valence-corrected chi connectivity index (χ3v) is 5.65. The second-order valence-corrected chi connectivity index (χ2v) is 7.35. The molecule has 3 aliphatic rings. The fourth-order valence-electron chi connectivity index (χ4n) is 3.85. The molecule has 0 radical (unpaired) electrons. The number of amides is 1. The van der Waals surface area contributed by atoms with Crippen LogP contribution in [0.4, 0.5) is 5.13 Å². The summed E-state index contributed by atoms with van der Waals surface area (Å²) in [6.07, 6.45) is 1.45. The Hall–Kier alpha value is -2.33. The highest BCUT2D eigenvalue weighted by Gasteiger charge is 2.57. The Bertz CT molecular complexity index is 769. The first-order valence-electron chi connectivity index (χ1n) is 7.99. The number of nitrogens with zero attached hydrogens (tertiary/aromatic N) is 5. The summed E-state index contributed by atoms with van der Waals surface area (Å²) in [7, 11) is 0. The van der Waals surface area contributed by atoms with E-state index in [0.29, 0.717) is 24.6 Å². The summed E-state index contributed by atoms with van der Waals surface area (Å²) in [5.41, 5.74) is 2.51. The maximum absolute atomic E-state index is 12.2. The quantitative estimate of drug-likeness (QED) is 0.432. The number of hydrogen-bond donors (Lipinski definition) is 2. The lowest BCUT2D eigenvalue weighted by atomic mass is 9.81. The van der Waals surface area contributed by atoms with E-state index in [1.807, 2.05) is 4.90 Å². The van der Waals surface area contributed by atoms with Gasteiger partial charge in [0.25, 0.3) is 0 Å². The van der Waals surface area contributed by atoms with E-state index in [1.54, 1.807) is 18.8 Å². The van der Waals surface area contributed by atoms with Gasteiger partial charge >= 0.3 is 5.97 Å². The standard InChI is InChI=1S/C15H17N5O4S/c1-7(21)11-10-2-9(12(14(23)24)20(10)13(11)22)8-3-19(4-8)5-16-15-18-17-6-25-15/h5-8,10-11,21H,2-4H2,1H3,(H,23,24)/t7-,10-,11-/m1/s1. The van der Waals surface area contributed by atoms with Gasteiger partial charge in [0.15, 0.2) is 0 Å². The average Bonchev–Trinajstić information content (AvgIpc) is 3.11. The van der Waals surface area contributed by atoms with Crippen LogP contribution in [0.15, 0.2) is 21.8 Å². The van der Waals surface area contributed by atoms with Crippen molar-refractivity contribution < 1.29 is 19.8 Å². The molecule has 0 bridgehead atoms. The first kappa shape index (κ1) is 16.2. The van der Waals surface area contributed by atoms with Gasteiger partial charge in [0.2, 0.25) is 11.0 Å². The number of carboxylic acids is 1. The SMILES string of the molecule is C[C@@H](O)[C@H]1C(=O)N2C(C(=O)O)=C(C3CN(C=Nc4nncs4)C3)C[C@H]12. The maximum atomic E-state index is 12.2. The van der Waals surface area contributed by atoms with Crippen LogP contribution in [-0.2, 0) is 9.59 Å². The van der Waals surface area contributed by atoms with Gasteiger partial charge in [-0.1, -0.05) is 11.3 Å². The van der Waals surface area contributed by atoms with E-state index in [2.05, 4.69) is 15.2 Å². The van der Waals surface area contributed by atoms with Crippen LogP contribution in [0.2, 0.25) is 0 Å². The molecule has 4 rings (SSSR count). The number of aliphatic hydroxyl groups excluding tert-OH is 1. The smallest absolute Gasteiger partial charge is 0.352 e. The van der Waals surface area contributed by atoms with E-state index < -0.39 is 18.0 Å². The number of carbonyl (C=O) groups is 2. The van der Waals surface area contributed by atoms with Crippen LogP contribution >= 0.6 is 11.3 Å². The minimum absolute atomic E-state index is 0.0834. The van der Waals surface area contributed by atoms with E-state index in [4.69, 9.17) is 0 Å². The van der Waals surface area contributed by atoms with Crippen LogP contribution in [0.1, 0.15) is 13.3 Å². The summed E-state index contributed by atoms with van der Waals surface area (Å²) >= 11 is 1.34. The van der Waals surface area contributed by atoms with Gasteiger partial charge in [0, 0.05) is 19.0 Å². The van der Waals surface area contributed by atoms with Crippen LogP contribution in [0, 0.1) is 11.8 Å². The molecule has 1 aromatic heterocycles. The molecule has 4 heterocycles. The normalized spacial score (nSPS) is 27.5. The predicted octanol–water partition coefficient (Wildman–Crippen LogP) is 0.0799. The summed E-state index contributed by atoms with van der Waals surface area (Å²) in [6, 6.07) is -0.224. The van der Waals surface area contributed by atoms with Crippen molar-refractivity contribution in [2.24, 2.45) is 16.8 Å². The van der Waals surface area contributed by atoms with Crippen molar-refractivity contribution in [3.63, 3.8) is 0 Å². The van der Waals surface area contributed by atoms with Crippen molar-refractivity contribution >= 4 is 34.7 Å². The summed E-state index contributed by atoms with van der Waals surface area (Å²) in [5, 5.41) is 27.4. The van der Waals surface area contributed by atoms with Crippen molar-refractivity contribution in [3.05, 3.63) is 16.8 Å². The third kappa shape index (κ3) is 2.52. The van der Waals surface area contributed by atoms with Crippen LogP contribution in [0.25, 0.3) is 0 Å². The highest BCUT2D eigenvalue weighted by molar-refractivity contribution is 7.13. The molecule has 3 atom stereocenters. The molecule has 2 N–H and O–H groups in total. The molecular weight excluding hydrogens is 346 g/mol. The van der Waals surface area contributed by atoms with Crippen LogP contribution in [0.3, 0.4) is 0 Å². The monoisotopic (exact) mass is 363 g/mol. The minimum Gasteiger partial charge on any atom is -0.477 e. The summed E-state index contributed by atoms with van der Waals surface area (Å²) < 4.78 is 0. The number of hydrogen-bond acceptors (Lipinski definition) is 7. The minimum atomic E-state index is -1.07. The first-order valence-corrected chi connectivity index (χ1v) is 8.87. The van der Waals surface area contributed by atoms with Crippen molar-refractivity contribution in [1.82, 2.24) is 20.0 Å². The topological polar surface area (TPSA) is 119 Å². The molecule has 2 fully saturated rings. The molecule has 9 nitrogen and oxygen atoms in total. The van der Waals surface area contributed by atoms with Crippen molar-refractivity contribution in [3.8, 4) is 0 Å². The Kier molecular flexibility index (Phi) is 3.80. The number of aliphatic carboxylic acids is 1. The average molecular weight is 363 g/mol. The summed E-state index contributed by atoms with van der Waals surface area (Å²) in [5.74, 6) is -1.78. The van der Waals surface area contributed by atoms with Gasteiger partial charge < -0.3 is 20.0 Å². The zero-order valence-electron chi connectivity index (χ0n) is 13.4. The molecule has 0 saturated carbocycles. The lowest BCUT2D eigenvalue weighted by Gasteiger charge is -2.44. The number of aromatic nitrogens is 2. The Morgan fingerprint density at radius 2 is 2.28 bits per heavy atom. The van der Waals surface area contributed by atoms with E-state index in [1.165, 1.54) is 16.2 Å². The van der Waals surface area contributed by atoms with Gasteiger partial charge in [-0.3, -0.25) is 4.79 Å². The fraction of sp³-hybridized carbons (Fsp3) is 0.533. The Morgan fingerprint density at radius 1 is 1.52 bits per heavy atom. The fourth-order valence-corrected chi connectivity index (χ4v) is 4.24. The second-order valence-electron chi connectivity index (χ2n) is 6.54. The number of carbonyl (C=O) groups excluding carboxylic acids is 1. The number of aliphatic hydroxyl groups is 1. The van der Waals surface area contributed by atoms with Gasteiger partial charge in [-0.2, -0.15) is 0 Å². The summed E-state index contributed by atoms with van der Waals surface area (Å²) in [4.78, 5) is 31.4. The number of carboxylic acid groups (broad SMARTS) is 1. The van der Waals surface area contributed by atoms with Gasteiger partial charge in [0.1, 0.15) is 11.2 Å². The van der Waals surface area contributed by atoms with Crippen molar-refractivity contribution in [2.45, 2.75) is 25.5 Å². The maximum Gasteiger partial charge on any atom is 0.352 e. The number of aliphatic imine (C=N–C) groups is 1. The molecule has 3 aliphatic heterocycles. The molecule has 132 valence electrons. The zero-order valence-corrected chi connectivity index (χ0v) is 14.3. The first-order chi connectivity index (χ1) is 12.0. The van der Waals surface area contributed by atoms with Gasteiger partial charge in [-0.15, -0.1) is 10.2 Å². The lowest BCUT2D eigenvalue weighted by Crippen LogP contribution is -2.61. The Balaban J connectivity index is 1.46. The number of fused-ring (bicyclic) bond motifs is 1. The number of β-lactam (4-membered cyclic amide) rings is 1. The van der Waals surface area contributed by atoms with E-state index in [9.17, 15) is 19.8 Å². The molecule has 25 heavy (non-hydrogen) atoms. The zero-order chi connectivity index (χ0) is 17.7. The largest absolute Gasteiger partial charge is 0.477 e. The van der Waals surface area contributed by atoms with Crippen LogP contribution in [-0.4, -0.2) is 73.7 Å². The molecule has 0 unspecified atom stereocenters. The summed E-state index contributed by atoms with van der Waals surface area (Å²) in [6.45, 7) is 2.89. The molecule has 1 aromatic rings. The van der Waals surface area contributed by atoms with Gasteiger partial charge in [0.05, 0.1) is 24.4 Å². The highest BCUT2D eigenvalue weighted by Crippen LogP contribution is 2.47. The Morgan fingerprint density at radius 3 is 2.88 bits per heavy atom. The van der Waals surface area contributed by atoms with E-state index in [-0.39, 0.29) is 23.6 Å². The van der Waals surface area contributed by atoms with E-state index >= 15 is 0 Å². The molecule has 2 saturated heterocycles. The number of rotatable bonds is 5. The predicted molar refractivity (Wildman–Crippen MR) is 88.2 cm³/mol. The van der Waals surface area contributed by atoms with Crippen molar-refractivity contribution in [1.29, 1.82) is 0 Å². The van der Waals surface area contributed by atoms with Crippen LogP contribution < -0.4 is 0 Å². The third-order valence-electron chi connectivity index (χ3n) is 5.05. The molecule has 0 aromatic carbocycles. The molecule has 0 aliphatic carbocycles. The lowest BCUT2D eigenvalue weighted by molar-refractivity contribution is -0.161. The Labute approximate surface area is 147 Å². The van der Waals surface area contributed by atoms with Crippen molar-refractivity contribution in [2.75, 3.05) is 13.1 Å². The molecule has 0 spiro atoms.